The first-order valence-electron chi connectivity index (χ1n) is 8.94. The molecule has 7 nitrogen and oxygen atoms in total. The highest BCUT2D eigenvalue weighted by molar-refractivity contribution is 6.08. The lowest BCUT2D eigenvalue weighted by molar-refractivity contribution is -0.139. The molecule has 2 aliphatic rings. The van der Waals surface area contributed by atoms with E-state index in [1.54, 1.807) is 30.9 Å². The third-order valence-corrected chi connectivity index (χ3v) is 5.28. The minimum Gasteiger partial charge on any atom is -0.463 e. The van der Waals surface area contributed by atoms with Gasteiger partial charge in [-0.15, -0.1) is 0 Å². The van der Waals surface area contributed by atoms with Gasteiger partial charge in [-0.05, 0) is 43.5 Å². The lowest BCUT2D eigenvalue weighted by atomic mass is 9.99. The summed E-state index contributed by atoms with van der Waals surface area (Å²) in [4.78, 5) is 40.7. The molecule has 2 aliphatic heterocycles. The third-order valence-electron chi connectivity index (χ3n) is 5.28. The van der Waals surface area contributed by atoms with Gasteiger partial charge >= 0.3 is 6.03 Å². The topological polar surface area (TPSA) is 82.9 Å². The zero-order chi connectivity index (χ0) is 19.2. The Kier molecular flexibility index (Phi) is 4.02. The molecule has 1 N–H and O–H groups in total. The second kappa shape index (κ2) is 6.26. The van der Waals surface area contributed by atoms with E-state index in [0.29, 0.717) is 24.6 Å². The number of imide groups is 1. The molecule has 1 aromatic carbocycles. The highest BCUT2D eigenvalue weighted by Crippen LogP contribution is 2.30. The smallest absolute Gasteiger partial charge is 0.325 e. The Balaban J connectivity index is 1.49. The number of aryl methyl sites for hydroxylation is 1. The van der Waals surface area contributed by atoms with Gasteiger partial charge in [0.2, 0.25) is 5.91 Å². The number of nitrogens with zero attached hydrogens (tertiary/aromatic N) is 2. The summed E-state index contributed by atoms with van der Waals surface area (Å²) in [5.74, 6) is 0.287. The van der Waals surface area contributed by atoms with Gasteiger partial charge in [0.15, 0.2) is 5.54 Å². The summed E-state index contributed by atoms with van der Waals surface area (Å²) in [5.41, 5.74) is 1.04. The molecule has 1 saturated heterocycles. The number of carbonyl (C=O) groups is 3. The molecule has 0 saturated carbocycles. The number of rotatable bonds is 3. The fraction of sp³-hybridized carbons (Fsp3) is 0.350. The molecular formula is C20H21N3O4. The SMILES string of the molecule is Cc1ccc([C@@]2(C)NC(=O)N(CC(=O)N3CCc4ccccc4C3)C2=O)o1. The zero-order valence-corrected chi connectivity index (χ0v) is 15.3. The predicted molar refractivity (Wildman–Crippen MR) is 96.6 cm³/mol. The molecule has 140 valence electrons. The van der Waals surface area contributed by atoms with Crippen molar-refractivity contribution in [2.45, 2.75) is 32.4 Å². The van der Waals surface area contributed by atoms with E-state index in [4.69, 9.17) is 4.42 Å². The quantitative estimate of drug-likeness (QED) is 0.841. The van der Waals surface area contributed by atoms with Crippen molar-refractivity contribution in [3.63, 3.8) is 0 Å². The van der Waals surface area contributed by atoms with Gasteiger partial charge in [0.25, 0.3) is 5.91 Å². The average molecular weight is 367 g/mol. The molecule has 3 heterocycles. The number of nitrogens with one attached hydrogen (secondary N) is 1. The summed E-state index contributed by atoms with van der Waals surface area (Å²) in [6.07, 6.45) is 0.769. The fourth-order valence-electron chi connectivity index (χ4n) is 3.65. The van der Waals surface area contributed by atoms with Crippen LogP contribution < -0.4 is 5.32 Å². The van der Waals surface area contributed by atoms with Crippen LogP contribution in [0.15, 0.2) is 40.8 Å². The monoisotopic (exact) mass is 367 g/mol. The van der Waals surface area contributed by atoms with E-state index in [1.165, 1.54) is 5.56 Å². The molecule has 1 aromatic heterocycles. The molecule has 27 heavy (non-hydrogen) atoms. The Bertz CT molecular complexity index is 935. The maximum Gasteiger partial charge on any atom is 0.325 e. The van der Waals surface area contributed by atoms with E-state index < -0.39 is 17.5 Å². The Morgan fingerprint density at radius 3 is 2.63 bits per heavy atom. The zero-order valence-electron chi connectivity index (χ0n) is 15.3. The number of amides is 4. The van der Waals surface area contributed by atoms with Crippen LogP contribution in [0.25, 0.3) is 0 Å². The van der Waals surface area contributed by atoms with Crippen LogP contribution >= 0.6 is 0 Å². The standard InChI is InChI=1S/C20H21N3O4/c1-13-7-8-16(27-13)20(2)18(25)23(19(26)21-20)12-17(24)22-10-9-14-5-3-4-6-15(14)11-22/h3-8H,9-12H2,1-2H3,(H,21,26)/t20-/m1/s1. The fourth-order valence-corrected chi connectivity index (χ4v) is 3.65. The second-order valence-corrected chi connectivity index (χ2v) is 7.19. The summed E-state index contributed by atoms with van der Waals surface area (Å²) in [6.45, 7) is 4.15. The lowest BCUT2D eigenvalue weighted by Gasteiger charge is -2.30. The summed E-state index contributed by atoms with van der Waals surface area (Å²) in [6, 6.07) is 10.8. The summed E-state index contributed by atoms with van der Waals surface area (Å²) >= 11 is 0. The molecule has 0 radical (unpaired) electrons. The Labute approximate surface area is 156 Å². The van der Waals surface area contributed by atoms with Gasteiger partial charge in [-0.2, -0.15) is 0 Å². The van der Waals surface area contributed by atoms with Gasteiger partial charge in [0, 0.05) is 13.1 Å². The molecule has 4 amide bonds. The second-order valence-electron chi connectivity index (χ2n) is 7.19. The summed E-state index contributed by atoms with van der Waals surface area (Å²) in [5, 5.41) is 2.66. The van der Waals surface area contributed by atoms with Crippen molar-refractivity contribution in [1.82, 2.24) is 15.1 Å². The highest BCUT2D eigenvalue weighted by Gasteiger charge is 2.51. The van der Waals surface area contributed by atoms with Crippen molar-refractivity contribution >= 4 is 17.8 Å². The lowest BCUT2D eigenvalue weighted by Crippen LogP contribution is -2.45. The normalized spacial score (nSPS) is 22.0. The number of hydrogen-bond donors (Lipinski definition) is 1. The summed E-state index contributed by atoms with van der Waals surface area (Å²) in [7, 11) is 0. The van der Waals surface area contributed by atoms with Crippen LogP contribution in [-0.2, 0) is 28.1 Å². The van der Waals surface area contributed by atoms with Gasteiger partial charge < -0.3 is 14.6 Å². The number of carbonyl (C=O) groups excluding carboxylic acids is 3. The van der Waals surface area contributed by atoms with Gasteiger partial charge in [-0.25, -0.2) is 4.79 Å². The minimum absolute atomic E-state index is 0.243. The van der Waals surface area contributed by atoms with Crippen LogP contribution in [0.3, 0.4) is 0 Å². The molecule has 0 spiro atoms. The molecule has 7 heteroatoms. The molecule has 0 aliphatic carbocycles. The van der Waals surface area contributed by atoms with Crippen LogP contribution in [0.5, 0.6) is 0 Å². The Morgan fingerprint density at radius 2 is 1.93 bits per heavy atom. The van der Waals surface area contributed by atoms with Gasteiger partial charge in [-0.3, -0.25) is 14.5 Å². The van der Waals surface area contributed by atoms with Crippen LogP contribution in [0, 0.1) is 6.92 Å². The summed E-state index contributed by atoms with van der Waals surface area (Å²) < 4.78 is 5.54. The van der Waals surface area contributed by atoms with E-state index in [0.717, 1.165) is 16.9 Å². The maximum absolute atomic E-state index is 12.9. The van der Waals surface area contributed by atoms with Crippen LogP contribution in [0.1, 0.15) is 29.6 Å². The molecular weight excluding hydrogens is 346 g/mol. The molecule has 1 fully saturated rings. The molecule has 2 aromatic rings. The number of benzene rings is 1. The largest absolute Gasteiger partial charge is 0.463 e. The first-order chi connectivity index (χ1) is 12.9. The van der Waals surface area contributed by atoms with E-state index in [9.17, 15) is 14.4 Å². The number of urea groups is 1. The molecule has 0 unspecified atom stereocenters. The maximum atomic E-state index is 12.9. The highest BCUT2D eigenvalue weighted by atomic mass is 16.3. The number of hydrogen-bond acceptors (Lipinski definition) is 4. The van der Waals surface area contributed by atoms with Crippen molar-refractivity contribution in [2.24, 2.45) is 0 Å². The van der Waals surface area contributed by atoms with Crippen molar-refractivity contribution < 1.29 is 18.8 Å². The minimum atomic E-state index is -1.29. The van der Waals surface area contributed by atoms with Gasteiger partial charge in [0.1, 0.15) is 18.1 Å². The van der Waals surface area contributed by atoms with Crippen LogP contribution in [0.4, 0.5) is 4.79 Å². The van der Waals surface area contributed by atoms with Crippen molar-refractivity contribution in [1.29, 1.82) is 0 Å². The molecule has 1 atom stereocenters. The molecule has 0 bridgehead atoms. The predicted octanol–water partition coefficient (Wildman–Crippen LogP) is 1.94. The average Bonchev–Trinajstić information content (AvgIpc) is 3.19. The van der Waals surface area contributed by atoms with Crippen molar-refractivity contribution in [3.05, 3.63) is 59.0 Å². The van der Waals surface area contributed by atoms with E-state index in [-0.39, 0.29) is 12.5 Å². The first kappa shape index (κ1) is 17.3. The van der Waals surface area contributed by atoms with Crippen LogP contribution in [-0.4, -0.2) is 40.7 Å². The van der Waals surface area contributed by atoms with Crippen molar-refractivity contribution in [2.75, 3.05) is 13.1 Å². The van der Waals surface area contributed by atoms with Crippen LogP contribution in [0.2, 0.25) is 0 Å². The first-order valence-corrected chi connectivity index (χ1v) is 8.94. The van der Waals surface area contributed by atoms with Crippen molar-refractivity contribution in [3.8, 4) is 0 Å². The Morgan fingerprint density at radius 1 is 1.19 bits per heavy atom. The van der Waals surface area contributed by atoms with E-state index >= 15 is 0 Å². The van der Waals surface area contributed by atoms with Gasteiger partial charge in [0.05, 0.1) is 0 Å². The number of furan rings is 1. The number of fused-ring (bicyclic) bond motifs is 1. The van der Waals surface area contributed by atoms with E-state index in [1.807, 2.05) is 18.2 Å². The van der Waals surface area contributed by atoms with Gasteiger partial charge in [-0.1, -0.05) is 24.3 Å². The third kappa shape index (κ3) is 2.89. The molecule has 4 rings (SSSR count). The Hall–Kier alpha value is -3.09. The van der Waals surface area contributed by atoms with E-state index in [2.05, 4.69) is 11.4 Å².